The van der Waals surface area contributed by atoms with Gasteiger partial charge in [0.05, 0.1) is 36.1 Å². The molecule has 10 rings (SSSR count). The number of rotatable bonds is 25. The number of ether oxygens (including phenoxy) is 2. The first-order valence-electron chi connectivity index (χ1n) is 30.2. The summed E-state index contributed by atoms with van der Waals surface area (Å²) in [5, 5.41) is 15.0. The van der Waals surface area contributed by atoms with Crippen molar-refractivity contribution in [3.63, 3.8) is 0 Å². The summed E-state index contributed by atoms with van der Waals surface area (Å²) < 4.78 is 89.5. The van der Waals surface area contributed by atoms with Gasteiger partial charge in [0.1, 0.15) is 29.6 Å². The van der Waals surface area contributed by atoms with Gasteiger partial charge < -0.3 is 29.2 Å². The lowest BCUT2D eigenvalue weighted by Crippen LogP contribution is -2.56. The van der Waals surface area contributed by atoms with E-state index in [0.29, 0.717) is 122 Å². The Morgan fingerprint density at radius 2 is 1.17 bits per heavy atom. The Labute approximate surface area is 505 Å². The fourth-order valence-corrected chi connectivity index (χ4v) is 14.8. The topological polar surface area (TPSA) is 243 Å². The van der Waals surface area contributed by atoms with E-state index in [2.05, 4.69) is 48.8 Å². The molecule has 6 heterocycles. The summed E-state index contributed by atoms with van der Waals surface area (Å²) >= 11 is 0. The number of hydrogen-bond acceptors (Lipinski definition) is 15. The summed E-state index contributed by atoms with van der Waals surface area (Å²) in [6.45, 7) is 18.9. The van der Waals surface area contributed by atoms with E-state index in [-0.39, 0.29) is 53.0 Å². The Morgan fingerprint density at radius 1 is 0.628 bits per heavy atom. The zero-order valence-corrected chi connectivity index (χ0v) is 52.4. The van der Waals surface area contributed by atoms with Crippen LogP contribution in [0.4, 0.5) is 17.3 Å². The average molecular weight is 1210 g/mol. The first-order chi connectivity index (χ1) is 41.4. The molecule has 22 heteroatoms. The van der Waals surface area contributed by atoms with Crippen LogP contribution in [0.15, 0.2) is 103 Å². The van der Waals surface area contributed by atoms with E-state index in [1.165, 1.54) is 0 Å². The summed E-state index contributed by atoms with van der Waals surface area (Å²) in [4.78, 5) is 39.0. The fourth-order valence-electron chi connectivity index (χ4n) is 12.3. The van der Waals surface area contributed by atoms with Gasteiger partial charge in [0.25, 0.3) is 31.8 Å². The summed E-state index contributed by atoms with van der Waals surface area (Å²) in [5.41, 5.74) is 4.90. The van der Waals surface area contributed by atoms with E-state index in [1.54, 1.807) is 58.0 Å². The highest BCUT2D eigenvalue weighted by Gasteiger charge is 2.60. The van der Waals surface area contributed by atoms with E-state index in [1.807, 2.05) is 72.2 Å². The molecule has 2 aromatic heterocycles. The largest absolute Gasteiger partial charge is 0.377 e. The molecule has 0 radical (unpaired) electrons. The standard InChI is InChI=1S/C64H81N10O10S2/c1-9-13-21-57-67-63(29-17-31-65-40-63)61(75)72(57)36-46-23-27-52(49(33-46)39-82-12-4)54-28-25-50(35-56(54)86(79,80)71-60-43(6)45(8)84-69-60)74-58(22-14-10-2)73(62(76)64(74)30-18-32-66-41-64)37-47-24-26-51(48(34-47)38-81-11-3)53-19-15-16-20-55(53)85(77,78)70-59-42(5)44(7)83-68-59/h15-16,19-20,23-28,33-35,65-66H,9-14,17-18,21-22,29-32,36-41H2,1-8H3,(H,68,70)(H,69,71)/q+1/t63-,64+/m1/s1. The predicted octanol–water partition coefficient (Wildman–Crippen LogP) is 10.4. The Hall–Kier alpha value is -7.08. The van der Waals surface area contributed by atoms with Crippen LogP contribution in [0.2, 0.25) is 0 Å². The fraction of sp³-hybridized carbons (Fsp3) is 0.469. The smallest absolute Gasteiger partial charge is 0.359 e. The number of hydrogen-bond donors (Lipinski definition) is 4. The third-order valence-electron chi connectivity index (χ3n) is 17.2. The van der Waals surface area contributed by atoms with Gasteiger partial charge in [0.2, 0.25) is 5.54 Å². The third-order valence-corrected chi connectivity index (χ3v) is 19.9. The highest BCUT2D eigenvalue weighted by atomic mass is 32.2. The third kappa shape index (κ3) is 12.3. The van der Waals surface area contributed by atoms with Crippen molar-refractivity contribution in [2.45, 2.75) is 167 Å². The molecule has 458 valence electrons. The number of aliphatic imine (C=N–C) groups is 1. The Bertz CT molecular complexity index is 3800. The number of carbonyl (C=O) groups excluding carboxylic acids is 2. The monoisotopic (exact) mass is 1210 g/mol. The normalized spacial score (nSPS) is 19.2. The van der Waals surface area contributed by atoms with E-state index < -0.39 is 31.1 Å². The maximum atomic E-state index is 15.8. The molecular formula is C64H81N10O10S2+. The molecule has 2 saturated heterocycles. The minimum atomic E-state index is -4.48. The van der Waals surface area contributed by atoms with Crippen molar-refractivity contribution in [3.05, 3.63) is 124 Å². The van der Waals surface area contributed by atoms with E-state index >= 15 is 13.2 Å². The molecule has 86 heavy (non-hydrogen) atoms. The highest BCUT2D eigenvalue weighted by Crippen LogP contribution is 2.43. The number of benzene rings is 4. The number of amides is 2. The molecule has 20 nitrogen and oxygen atoms in total. The summed E-state index contributed by atoms with van der Waals surface area (Å²) in [7, 11) is -8.64. The summed E-state index contributed by atoms with van der Waals surface area (Å²) in [5.74, 6) is 2.54. The van der Waals surface area contributed by atoms with E-state index in [9.17, 15) is 13.2 Å². The number of sulfonamides is 2. The van der Waals surface area contributed by atoms with Crippen molar-refractivity contribution in [2.75, 3.05) is 48.8 Å². The van der Waals surface area contributed by atoms with Crippen molar-refractivity contribution < 1.29 is 49.5 Å². The first kappa shape index (κ1) is 62.0. The van der Waals surface area contributed by atoms with Crippen LogP contribution in [-0.2, 0) is 65.4 Å². The van der Waals surface area contributed by atoms with Crippen LogP contribution in [0.3, 0.4) is 0 Å². The second kappa shape index (κ2) is 26.1. The number of nitrogens with zero attached hydrogens (tertiary/aromatic N) is 6. The van der Waals surface area contributed by atoms with Crippen LogP contribution < -0.4 is 20.1 Å². The Morgan fingerprint density at radius 3 is 1.72 bits per heavy atom. The lowest BCUT2D eigenvalue weighted by Gasteiger charge is -2.31. The number of nitrogens with one attached hydrogen (secondary N) is 4. The number of unbranched alkanes of at least 4 members (excludes halogenated alkanes) is 2. The number of piperidine rings is 2. The van der Waals surface area contributed by atoms with Crippen LogP contribution >= 0.6 is 0 Å². The highest BCUT2D eigenvalue weighted by molar-refractivity contribution is 7.93. The maximum Gasteiger partial charge on any atom is 0.359 e. The Balaban J connectivity index is 1.08. The summed E-state index contributed by atoms with van der Waals surface area (Å²) in [6.07, 6.45) is 7.33. The van der Waals surface area contributed by atoms with Crippen molar-refractivity contribution in [2.24, 2.45) is 4.99 Å². The molecular weight excluding hydrogens is 1130 g/mol. The zero-order valence-electron chi connectivity index (χ0n) is 50.7. The van der Waals surface area contributed by atoms with Gasteiger partial charge in [-0.15, -0.1) is 0 Å². The minimum absolute atomic E-state index is 0.000263. The lowest BCUT2D eigenvalue weighted by atomic mass is 9.88. The van der Waals surface area contributed by atoms with Gasteiger partial charge >= 0.3 is 5.91 Å². The number of aryl methyl sites for hydroxylation is 2. The number of aromatic nitrogens is 2. The molecule has 2 spiro atoms. The Kier molecular flexibility index (Phi) is 18.8. The van der Waals surface area contributed by atoms with Gasteiger partial charge in [-0.25, -0.2) is 26.2 Å². The van der Waals surface area contributed by atoms with Crippen LogP contribution in [0.25, 0.3) is 22.3 Å². The second-order valence-corrected chi connectivity index (χ2v) is 26.3. The zero-order chi connectivity index (χ0) is 61.0. The molecule has 0 saturated carbocycles. The van der Waals surface area contributed by atoms with Crippen LogP contribution in [0.1, 0.15) is 137 Å². The van der Waals surface area contributed by atoms with Gasteiger partial charge in [-0.1, -0.05) is 85.5 Å². The van der Waals surface area contributed by atoms with Gasteiger partial charge in [-0.2, -0.15) is 4.90 Å². The van der Waals surface area contributed by atoms with Gasteiger partial charge in [0, 0.05) is 67.3 Å². The van der Waals surface area contributed by atoms with E-state index in [4.69, 9.17) is 23.5 Å². The van der Waals surface area contributed by atoms with Crippen LogP contribution in [0, 0.1) is 27.7 Å². The maximum absolute atomic E-state index is 15.8. The van der Waals surface area contributed by atoms with Gasteiger partial charge in [0.15, 0.2) is 17.2 Å². The first-order valence-corrected chi connectivity index (χ1v) is 33.2. The molecule has 2 fully saturated rings. The van der Waals surface area contributed by atoms with Crippen molar-refractivity contribution in [1.29, 1.82) is 0 Å². The molecule has 0 bridgehead atoms. The SMILES string of the molecule is CCCCC1=N[C@@]2(CCCNC2)C(=O)N1Cc1ccc(-c2ccc([N+]3=C(CCCC)N(Cc4ccc(-c5ccccc5S(=O)(=O)Nc5noc(C)c5C)c(COCC)c4)C(=O)[C@@]34CCCNC4)cc2S(=O)(=O)Nc2noc(C)c2C)c(COCC)c1. The number of amidine groups is 2. The lowest BCUT2D eigenvalue weighted by molar-refractivity contribution is -0.513. The number of anilines is 2. The second-order valence-electron chi connectivity index (χ2n) is 23.0. The molecule has 4 aliphatic rings. The predicted molar refractivity (Wildman–Crippen MR) is 330 cm³/mol. The summed E-state index contributed by atoms with van der Waals surface area (Å²) in [6, 6.07) is 23.8. The minimum Gasteiger partial charge on any atom is -0.377 e. The van der Waals surface area contributed by atoms with Crippen LogP contribution in [-0.4, -0.2) is 115 Å². The van der Waals surface area contributed by atoms with Crippen molar-refractivity contribution >= 4 is 60.9 Å². The molecule has 6 aromatic rings. The molecule has 0 aliphatic carbocycles. The molecule has 2 amide bonds. The van der Waals surface area contributed by atoms with Crippen molar-refractivity contribution in [1.82, 2.24) is 30.7 Å². The van der Waals surface area contributed by atoms with Gasteiger partial charge in [-0.05, 0) is 144 Å². The number of carbonyl (C=O) groups is 2. The molecule has 4 N–H and O–H groups in total. The molecule has 2 atom stereocenters. The molecule has 4 aromatic carbocycles. The van der Waals surface area contributed by atoms with E-state index in [0.717, 1.165) is 72.6 Å². The molecule has 4 aliphatic heterocycles. The molecule has 0 unspecified atom stereocenters. The van der Waals surface area contributed by atoms with Gasteiger partial charge in [-0.3, -0.25) is 24.1 Å². The quantitative estimate of drug-likeness (QED) is 0.0390. The van der Waals surface area contributed by atoms with Crippen molar-refractivity contribution in [3.8, 4) is 22.3 Å². The van der Waals surface area contributed by atoms with Crippen LogP contribution in [0.5, 0.6) is 0 Å². The average Bonchev–Trinajstić information content (AvgIpc) is 1.61.